The highest BCUT2D eigenvalue weighted by molar-refractivity contribution is 5.53. The topological polar surface area (TPSA) is 82.1 Å². The van der Waals surface area contributed by atoms with Gasteiger partial charge in [-0.1, -0.05) is 6.92 Å². The van der Waals surface area contributed by atoms with Crippen molar-refractivity contribution in [2.24, 2.45) is 0 Å². The number of aromatic nitrogens is 3. The third-order valence-electron chi connectivity index (χ3n) is 3.97. The smallest absolute Gasteiger partial charge is 0.230 e. The van der Waals surface area contributed by atoms with E-state index in [1.165, 1.54) is 0 Å². The highest BCUT2D eigenvalue weighted by atomic mass is 16.4. The van der Waals surface area contributed by atoms with E-state index in [9.17, 15) is 5.26 Å². The van der Waals surface area contributed by atoms with Gasteiger partial charge in [0.2, 0.25) is 11.8 Å². The lowest BCUT2D eigenvalue weighted by atomic mass is 10.2. The molecule has 0 spiro atoms. The van der Waals surface area contributed by atoms with Crippen LogP contribution < -0.4 is 4.90 Å². The highest BCUT2D eigenvalue weighted by Gasteiger charge is 2.19. The molecule has 3 heterocycles. The van der Waals surface area contributed by atoms with Gasteiger partial charge in [-0.2, -0.15) is 5.26 Å². The summed E-state index contributed by atoms with van der Waals surface area (Å²) in [5.41, 5.74) is 0.630. The maximum Gasteiger partial charge on any atom is 0.230 e. The van der Waals surface area contributed by atoms with Crippen LogP contribution in [0.4, 0.5) is 5.82 Å². The highest BCUT2D eigenvalue weighted by Crippen LogP contribution is 2.18. The minimum Gasteiger partial charge on any atom is -0.424 e. The van der Waals surface area contributed by atoms with Gasteiger partial charge < -0.3 is 9.32 Å². The molecular formula is C16H20N6O. The number of pyridine rings is 1. The van der Waals surface area contributed by atoms with E-state index in [2.05, 4.69) is 31.1 Å². The summed E-state index contributed by atoms with van der Waals surface area (Å²) in [6, 6.07) is 5.84. The molecule has 0 aromatic carbocycles. The third-order valence-corrected chi connectivity index (χ3v) is 3.97. The zero-order valence-electron chi connectivity index (χ0n) is 13.3. The van der Waals surface area contributed by atoms with Gasteiger partial charge in [-0.25, -0.2) is 4.98 Å². The van der Waals surface area contributed by atoms with Crippen LogP contribution in [0.25, 0.3) is 0 Å². The predicted molar refractivity (Wildman–Crippen MR) is 84.7 cm³/mol. The summed E-state index contributed by atoms with van der Waals surface area (Å²) in [5, 5.41) is 17.3. The number of rotatable bonds is 4. The van der Waals surface area contributed by atoms with Gasteiger partial charge in [-0.15, -0.1) is 10.2 Å². The summed E-state index contributed by atoms with van der Waals surface area (Å²) >= 11 is 0. The molecule has 0 unspecified atom stereocenters. The van der Waals surface area contributed by atoms with Crippen LogP contribution in [-0.4, -0.2) is 46.3 Å². The molecule has 0 saturated carbocycles. The van der Waals surface area contributed by atoms with Gasteiger partial charge in [-0.3, -0.25) is 4.90 Å². The van der Waals surface area contributed by atoms with Crippen LogP contribution in [0.15, 0.2) is 22.7 Å². The molecule has 2 aromatic heterocycles. The molecule has 1 fully saturated rings. The minimum atomic E-state index is 0.630. The molecular weight excluding hydrogens is 292 g/mol. The Morgan fingerprint density at radius 1 is 1.22 bits per heavy atom. The molecule has 0 atom stereocenters. The fourth-order valence-electron chi connectivity index (χ4n) is 2.76. The molecule has 1 aliphatic rings. The van der Waals surface area contributed by atoms with E-state index in [0.29, 0.717) is 23.9 Å². The van der Waals surface area contributed by atoms with Gasteiger partial charge in [0.15, 0.2) is 0 Å². The largest absolute Gasteiger partial charge is 0.424 e. The Balaban J connectivity index is 1.64. The van der Waals surface area contributed by atoms with Crippen LogP contribution in [0.1, 0.15) is 30.7 Å². The number of nitrogens with zero attached hydrogens (tertiary/aromatic N) is 6. The van der Waals surface area contributed by atoms with Crippen molar-refractivity contribution in [1.82, 2.24) is 20.1 Å². The molecule has 0 amide bonds. The van der Waals surface area contributed by atoms with Crippen molar-refractivity contribution in [3.63, 3.8) is 0 Å². The molecule has 2 aromatic rings. The SMILES string of the molecule is CCc1nnc(CN2CCCN(c3ncccc3C#N)CC2)o1. The summed E-state index contributed by atoms with van der Waals surface area (Å²) in [6.07, 6.45) is 3.51. The number of hydrogen-bond acceptors (Lipinski definition) is 7. The molecule has 0 N–H and O–H groups in total. The normalized spacial score (nSPS) is 16.1. The van der Waals surface area contributed by atoms with Crippen molar-refractivity contribution in [3.05, 3.63) is 35.7 Å². The van der Waals surface area contributed by atoms with Crippen LogP contribution in [0.3, 0.4) is 0 Å². The predicted octanol–water partition coefficient (Wildman–Crippen LogP) is 1.61. The fraction of sp³-hybridized carbons (Fsp3) is 0.500. The van der Waals surface area contributed by atoms with E-state index in [1.54, 1.807) is 12.3 Å². The van der Waals surface area contributed by atoms with E-state index < -0.39 is 0 Å². The first kappa shape index (κ1) is 15.4. The van der Waals surface area contributed by atoms with E-state index in [1.807, 2.05) is 13.0 Å². The maximum absolute atomic E-state index is 9.24. The summed E-state index contributed by atoms with van der Waals surface area (Å²) in [4.78, 5) is 8.87. The Hall–Kier alpha value is -2.46. The van der Waals surface area contributed by atoms with Gasteiger partial charge in [0.1, 0.15) is 11.9 Å². The molecule has 0 aliphatic carbocycles. The quantitative estimate of drug-likeness (QED) is 0.848. The molecule has 3 rings (SSSR count). The number of hydrogen-bond donors (Lipinski definition) is 0. The monoisotopic (exact) mass is 312 g/mol. The van der Waals surface area contributed by atoms with Crippen molar-refractivity contribution < 1.29 is 4.42 Å². The second-order valence-electron chi connectivity index (χ2n) is 5.55. The van der Waals surface area contributed by atoms with Crippen LogP contribution in [0, 0.1) is 11.3 Å². The van der Waals surface area contributed by atoms with E-state index in [4.69, 9.17) is 4.42 Å². The van der Waals surface area contributed by atoms with Gasteiger partial charge >= 0.3 is 0 Å². The Morgan fingerprint density at radius 3 is 2.87 bits per heavy atom. The van der Waals surface area contributed by atoms with Gasteiger partial charge in [-0.05, 0) is 18.6 Å². The van der Waals surface area contributed by atoms with Gasteiger partial charge in [0.25, 0.3) is 0 Å². The number of anilines is 1. The first-order chi connectivity index (χ1) is 11.3. The van der Waals surface area contributed by atoms with Crippen LogP contribution in [-0.2, 0) is 13.0 Å². The molecule has 120 valence electrons. The Kier molecular flexibility index (Phi) is 4.83. The third kappa shape index (κ3) is 3.66. The zero-order valence-corrected chi connectivity index (χ0v) is 13.3. The molecule has 7 heteroatoms. The number of nitriles is 1. The molecule has 0 bridgehead atoms. The lowest BCUT2D eigenvalue weighted by Gasteiger charge is -2.22. The molecule has 1 saturated heterocycles. The number of aryl methyl sites for hydroxylation is 1. The Labute approximate surface area is 135 Å². The minimum absolute atomic E-state index is 0.630. The standard InChI is InChI=1S/C16H20N6O/c1-2-14-19-20-15(23-14)12-21-7-4-8-22(10-9-21)16-13(11-17)5-3-6-18-16/h3,5-6H,2,4,7-10,12H2,1H3. The summed E-state index contributed by atoms with van der Waals surface area (Å²) < 4.78 is 5.59. The lowest BCUT2D eigenvalue weighted by Crippen LogP contribution is -2.31. The average molecular weight is 312 g/mol. The fourth-order valence-corrected chi connectivity index (χ4v) is 2.76. The molecule has 1 aliphatic heterocycles. The van der Waals surface area contributed by atoms with Crippen LogP contribution in [0.2, 0.25) is 0 Å². The summed E-state index contributed by atoms with van der Waals surface area (Å²) in [7, 11) is 0. The second-order valence-corrected chi connectivity index (χ2v) is 5.55. The van der Waals surface area contributed by atoms with E-state index in [-0.39, 0.29) is 0 Å². The van der Waals surface area contributed by atoms with E-state index >= 15 is 0 Å². The second kappa shape index (κ2) is 7.20. The van der Waals surface area contributed by atoms with Gasteiger partial charge in [0.05, 0.1) is 12.1 Å². The van der Waals surface area contributed by atoms with Crippen molar-refractivity contribution in [1.29, 1.82) is 5.26 Å². The first-order valence-corrected chi connectivity index (χ1v) is 7.94. The lowest BCUT2D eigenvalue weighted by molar-refractivity contribution is 0.252. The summed E-state index contributed by atoms with van der Waals surface area (Å²) in [5.74, 6) is 2.14. The van der Waals surface area contributed by atoms with Crippen LogP contribution in [0.5, 0.6) is 0 Å². The van der Waals surface area contributed by atoms with Crippen molar-refractivity contribution >= 4 is 5.82 Å². The molecule has 7 nitrogen and oxygen atoms in total. The Morgan fingerprint density at radius 2 is 2.09 bits per heavy atom. The molecule has 0 radical (unpaired) electrons. The van der Waals surface area contributed by atoms with E-state index in [0.717, 1.165) is 44.8 Å². The summed E-state index contributed by atoms with van der Waals surface area (Å²) in [6.45, 7) is 6.25. The first-order valence-electron chi connectivity index (χ1n) is 7.94. The molecule has 23 heavy (non-hydrogen) atoms. The Bertz CT molecular complexity index is 692. The maximum atomic E-state index is 9.24. The van der Waals surface area contributed by atoms with Crippen molar-refractivity contribution in [2.75, 3.05) is 31.1 Å². The van der Waals surface area contributed by atoms with Crippen LogP contribution >= 0.6 is 0 Å². The average Bonchev–Trinajstić information content (AvgIpc) is 2.92. The van der Waals surface area contributed by atoms with Crippen molar-refractivity contribution in [3.8, 4) is 6.07 Å². The van der Waals surface area contributed by atoms with Gasteiger partial charge in [0, 0.05) is 38.8 Å². The van der Waals surface area contributed by atoms with Crippen molar-refractivity contribution in [2.45, 2.75) is 26.3 Å². The zero-order chi connectivity index (χ0) is 16.1.